The molecule has 0 saturated heterocycles. The fourth-order valence-electron chi connectivity index (χ4n) is 1.07. The minimum Gasteiger partial charge on any atom is -0.358 e. The molecule has 1 aromatic rings. The first-order chi connectivity index (χ1) is 6.61. The van der Waals surface area contributed by atoms with Gasteiger partial charge < -0.3 is 10.7 Å². The average Bonchev–Trinajstić information content (AvgIpc) is 2.16. The van der Waals surface area contributed by atoms with Crippen LogP contribution in [0.15, 0.2) is 11.0 Å². The van der Waals surface area contributed by atoms with Gasteiger partial charge in [0.2, 0.25) is 0 Å². The van der Waals surface area contributed by atoms with Gasteiger partial charge in [0.25, 0.3) is 6.43 Å². The molecule has 0 bridgehead atoms. The van der Waals surface area contributed by atoms with E-state index in [0.717, 1.165) is 6.20 Å². The van der Waals surface area contributed by atoms with Crippen LogP contribution in [0.5, 0.6) is 0 Å². The van der Waals surface area contributed by atoms with E-state index < -0.39 is 23.1 Å². The Bertz CT molecular complexity index is 401. The second-order valence-electron chi connectivity index (χ2n) is 2.59. The molecule has 6 heteroatoms. The maximum atomic E-state index is 12.4. The van der Waals surface area contributed by atoms with Crippen LogP contribution in [-0.4, -0.2) is 11.3 Å². The van der Waals surface area contributed by atoms with Gasteiger partial charge in [-0.15, -0.1) is 0 Å². The number of aldehydes is 1. The van der Waals surface area contributed by atoms with E-state index in [0.29, 0.717) is 0 Å². The number of hydrogen-bond acceptors (Lipinski definition) is 3. The summed E-state index contributed by atoms with van der Waals surface area (Å²) in [5.41, 5.74) is 3.10. The highest BCUT2D eigenvalue weighted by Crippen LogP contribution is 2.17. The SMILES string of the molecule is NCc1c[nH]c(C=O)c(C(F)F)c1=O. The van der Waals surface area contributed by atoms with Crippen LogP contribution in [0.4, 0.5) is 8.78 Å². The van der Waals surface area contributed by atoms with E-state index in [1.807, 2.05) is 0 Å². The number of aromatic amines is 1. The van der Waals surface area contributed by atoms with Crippen molar-refractivity contribution in [1.82, 2.24) is 4.98 Å². The Labute approximate surface area is 77.7 Å². The van der Waals surface area contributed by atoms with Crippen molar-refractivity contribution >= 4 is 6.29 Å². The smallest absolute Gasteiger partial charge is 0.269 e. The number of aromatic nitrogens is 1. The molecule has 1 rings (SSSR count). The number of alkyl halides is 2. The highest BCUT2D eigenvalue weighted by molar-refractivity contribution is 5.74. The summed E-state index contributed by atoms with van der Waals surface area (Å²) >= 11 is 0. The van der Waals surface area contributed by atoms with Crippen LogP contribution in [0, 0.1) is 0 Å². The van der Waals surface area contributed by atoms with Gasteiger partial charge in [0.1, 0.15) is 0 Å². The molecule has 0 fully saturated rings. The minimum atomic E-state index is -2.98. The zero-order valence-corrected chi connectivity index (χ0v) is 7.09. The molecule has 0 radical (unpaired) electrons. The molecule has 0 aliphatic rings. The predicted octanol–water partition coefficient (Wildman–Crippen LogP) is 0.584. The van der Waals surface area contributed by atoms with Crippen molar-refractivity contribution in [1.29, 1.82) is 0 Å². The van der Waals surface area contributed by atoms with Gasteiger partial charge in [-0.25, -0.2) is 8.78 Å². The Morgan fingerprint density at radius 2 is 2.21 bits per heavy atom. The van der Waals surface area contributed by atoms with Crippen LogP contribution in [-0.2, 0) is 6.54 Å². The van der Waals surface area contributed by atoms with Gasteiger partial charge in [0.05, 0.1) is 11.3 Å². The zero-order chi connectivity index (χ0) is 10.7. The molecule has 4 nitrogen and oxygen atoms in total. The van der Waals surface area contributed by atoms with Crippen molar-refractivity contribution in [3.63, 3.8) is 0 Å². The second kappa shape index (κ2) is 4.10. The van der Waals surface area contributed by atoms with Crippen molar-refractivity contribution in [3.8, 4) is 0 Å². The first-order valence-corrected chi connectivity index (χ1v) is 3.79. The molecule has 0 spiro atoms. The van der Waals surface area contributed by atoms with Crippen LogP contribution >= 0.6 is 0 Å². The number of nitrogens with two attached hydrogens (primary N) is 1. The maximum absolute atomic E-state index is 12.4. The number of hydrogen-bond donors (Lipinski definition) is 2. The summed E-state index contributed by atoms with van der Waals surface area (Å²) in [6, 6.07) is 0. The zero-order valence-electron chi connectivity index (χ0n) is 7.09. The molecule has 1 heterocycles. The molecule has 76 valence electrons. The number of halogens is 2. The highest BCUT2D eigenvalue weighted by atomic mass is 19.3. The number of carbonyl (C=O) groups is 1. The molecular formula is C8H8F2N2O2. The van der Waals surface area contributed by atoms with Gasteiger partial charge in [0.15, 0.2) is 11.7 Å². The Kier molecular flexibility index (Phi) is 3.08. The van der Waals surface area contributed by atoms with Crippen LogP contribution in [0.3, 0.4) is 0 Å². The first-order valence-electron chi connectivity index (χ1n) is 3.79. The Balaban J connectivity index is 3.47. The van der Waals surface area contributed by atoms with Gasteiger partial charge in [-0.05, 0) is 0 Å². The quantitative estimate of drug-likeness (QED) is 0.704. The third-order valence-corrected chi connectivity index (χ3v) is 1.78. The first kappa shape index (κ1) is 10.5. The molecule has 0 aromatic carbocycles. The fraction of sp³-hybridized carbons (Fsp3) is 0.250. The van der Waals surface area contributed by atoms with Gasteiger partial charge >= 0.3 is 0 Å². The molecule has 0 amide bonds. The molecule has 0 atom stereocenters. The lowest BCUT2D eigenvalue weighted by Gasteiger charge is -2.04. The molecule has 3 N–H and O–H groups in total. The lowest BCUT2D eigenvalue weighted by atomic mass is 10.1. The molecule has 0 unspecified atom stereocenters. The van der Waals surface area contributed by atoms with Crippen LogP contribution in [0.2, 0.25) is 0 Å². The average molecular weight is 202 g/mol. The summed E-state index contributed by atoms with van der Waals surface area (Å²) in [6.45, 7) is -0.145. The molecular weight excluding hydrogens is 194 g/mol. The van der Waals surface area contributed by atoms with E-state index in [-0.39, 0.29) is 18.4 Å². The van der Waals surface area contributed by atoms with Crippen molar-refractivity contribution in [2.45, 2.75) is 13.0 Å². The molecule has 0 aliphatic heterocycles. The van der Waals surface area contributed by atoms with Gasteiger partial charge in [0, 0.05) is 18.3 Å². The summed E-state index contributed by atoms with van der Waals surface area (Å²) in [7, 11) is 0. The maximum Gasteiger partial charge on any atom is 0.269 e. The Morgan fingerprint density at radius 1 is 1.57 bits per heavy atom. The van der Waals surface area contributed by atoms with Crippen LogP contribution < -0.4 is 11.2 Å². The lowest BCUT2D eigenvalue weighted by Crippen LogP contribution is -2.20. The van der Waals surface area contributed by atoms with E-state index in [1.54, 1.807) is 0 Å². The number of nitrogens with one attached hydrogen (secondary N) is 1. The lowest BCUT2D eigenvalue weighted by molar-refractivity contribution is 0.110. The predicted molar refractivity (Wildman–Crippen MR) is 45.3 cm³/mol. The molecule has 14 heavy (non-hydrogen) atoms. The largest absolute Gasteiger partial charge is 0.358 e. The Hall–Kier alpha value is -1.56. The monoisotopic (exact) mass is 202 g/mol. The number of carbonyl (C=O) groups excluding carboxylic acids is 1. The van der Waals surface area contributed by atoms with E-state index in [1.165, 1.54) is 0 Å². The van der Waals surface area contributed by atoms with Crippen LogP contribution in [0.25, 0.3) is 0 Å². The van der Waals surface area contributed by atoms with Gasteiger partial charge in [-0.3, -0.25) is 9.59 Å². The number of rotatable bonds is 3. The highest BCUT2D eigenvalue weighted by Gasteiger charge is 2.19. The second-order valence-corrected chi connectivity index (χ2v) is 2.59. The number of H-pyrrole nitrogens is 1. The van der Waals surface area contributed by atoms with E-state index in [9.17, 15) is 18.4 Å². The summed E-state index contributed by atoms with van der Waals surface area (Å²) < 4.78 is 24.7. The summed E-state index contributed by atoms with van der Waals surface area (Å²) in [6.07, 6.45) is -1.63. The van der Waals surface area contributed by atoms with Crippen LogP contribution in [0.1, 0.15) is 28.0 Å². The van der Waals surface area contributed by atoms with E-state index in [2.05, 4.69) is 4.98 Å². The molecule has 1 aromatic heterocycles. The minimum absolute atomic E-state index is 0.0332. The van der Waals surface area contributed by atoms with Crippen molar-refractivity contribution in [3.05, 3.63) is 33.2 Å². The van der Waals surface area contributed by atoms with E-state index in [4.69, 9.17) is 5.73 Å². The van der Waals surface area contributed by atoms with Gasteiger partial charge in [-0.2, -0.15) is 0 Å². The summed E-state index contributed by atoms with van der Waals surface area (Å²) in [5.74, 6) is 0. The third kappa shape index (κ3) is 1.69. The van der Waals surface area contributed by atoms with E-state index >= 15 is 0 Å². The molecule has 0 saturated carbocycles. The molecule has 0 aliphatic carbocycles. The van der Waals surface area contributed by atoms with Gasteiger partial charge in [-0.1, -0.05) is 0 Å². The number of pyridine rings is 1. The van der Waals surface area contributed by atoms with Crippen molar-refractivity contribution < 1.29 is 13.6 Å². The van der Waals surface area contributed by atoms with Crippen molar-refractivity contribution in [2.24, 2.45) is 5.73 Å². The third-order valence-electron chi connectivity index (χ3n) is 1.78. The normalized spacial score (nSPS) is 10.6. The summed E-state index contributed by atoms with van der Waals surface area (Å²) in [4.78, 5) is 23.9. The Morgan fingerprint density at radius 3 is 2.64 bits per heavy atom. The standard InChI is InChI=1S/C8H8F2N2O2/c9-8(10)6-5(3-13)12-2-4(1-11)7(6)14/h2-3,8H,1,11H2,(H,12,14). The van der Waals surface area contributed by atoms with Crippen molar-refractivity contribution in [2.75, 3.05) is 0 Å². The fourth-order valence-corrected chi connectivity index (χ4v) is 1.07. The topological polar surface area (TPSA) is 76.0 Å². The summed E-state index contributed by atoms with van der Waals surface area (Å²) in [5, 5.41) is 0.